The molecule has 3 rings (SSSR count). The lowest BCUT2D eigenvalue weighted by Crippen LogP contribution is -2.32. The quantitative estimate of drug-likeness (QED) is 0.675. The number of fused-ring (bicyclic) bond motifs is 1. The Morgan fingerprint density at radius 1 is 1.41 bits per heavy atom. The van der Waals surface area contributed by atoms with Crippen molar-refractivity contribution in [2.45, 2.75) is 18.9 Å². The molecule has 6 heteroatoms. The summed E-state index contributed by atoms with van der Waals surface area (Å²) in [7, 11) is 0. The summed E-state index contributed by atoms with van der Waals surface area (Å²) in [5.41, 5.74) is 0.768. The Labute approximate surface area is 128 Å². The molecule has 1 amide bonds. The molecule has 1 aromatic rings. The largest absolute Gasteiger partial charge is 0.454 e. The zero-order valence-electron chi connectivity index (χ0n) is 12.0. The minimum atomic E-state index is -0.393. The molecule has 0 unspecified atom stereocenters. The van der Waals surface area contributed by atoms with Crippen LogP contribution in [0.3, 0.4) is 0 Å². The molecule has 0 radical (unpaired) electrons. The second-order valence-electron chi connectivity index (χ2n) is 5.13. The minimum Gasteiger partial charge on any atom is -0.454 e. The van der Waals surface area contributed by atoms with Crippen LogP contribution in [-0.2, 0) is 9.53 Å². The van der Waals surface area contributed by atoms with Gasteiger partial charge >= 0.3 is 0 Å². The Morgan fingerprint density at radius 2 is 2.27 bits per heavy atom. The molecule has 0 spiro atoms. The number of nitrogens with one attached hydrogen (secondary N) is 1. The summed E-state index contributed by atoms with van der Waals surface area (Å²) in [5, 5.41) is 11.9. The first-order valence-corrected chi connectivity index (χ1v) is 7.17. The lowest BCUT2D eigenvalue weighted by molar-refractivity contribution is -0.117. The SMILES string of the molecule is N#C/C(=C\c1ccc2c(c1)OCO2)C(=O)NC[C@@H]1CCCO1. The molecule has 1 N–H and O–H groups in total. The van der Waals surface area contributed by atoms with Crippen molar-refractivity contribution in [2.75, 3.05) is 19.9 Å². The van der Waals surface area contributed by atoms with E-state index in [0.717, 1.165) is 19.4 Å². The third-order valence-corrected chi connectivity index (χ3v) is 3.59. The molecule has 1 saturated heterocycles. The maximum absolute atomic E-state index is 12.1. The van der Waals surface area contributed by atoms with Gasteiger partial charge in [0.2, 0.25) is 6.79 Å². The summed E-state index contributed by atoms with van der Waals surface area (Å²) in [6.45, 7) is 1.35. The van der Waals surface area contributed by atoms with Gasteiger partial charge in [0.05, 0.1) is 6.10 Å². The van der Waals surface area contributed by atoms with Crippen LogP contribution in [0.1, 0.15) is 18.4 Å². The number of rotatable bonds is 4. The van der Waals surface area contributed by atoms with Gasteiger partial charge < -0.3 is 19.5 Å². The lowest BCUT2D eigenvalue weighted by atomic mass is 10.1. The van der Waals surface area contributed by atoms with E-state index >= 15 is 0 Å². The molecule has 0 aliphatic carbocycles. The molecule has 2 aliphatic rings. The first-order valence-electron chi connectivity index (χ1n) is 7.17. The average Bonchev–Trinajstić information content (AvgIpc) is 3.20. The summed E-state index contributed by atoms with van der Waals surface area (Å²) in [6, 6.07) is 7.21. The van der Waals surface area contributed by atoms with E-state index in [-0.39, 0.29) is 18.5 Å². The molecule has 1 aromatic carbocycles. The van der Waals surface area contributed by atoms with Gasteiger partial charge in [0.1, 0.15) is 11.6 Å². The smallest absolute Gasteiger partial charge is 0.262 e. The molecule has 0 saturated carbocycles. The van der Waals surface area contributed by atoms with E-state index in [1.165, 1.54) is 6.08 Å². The highest BCUT2D eigenvalue weighted by molar-refractivity contribution is 6.01. The maximum Gasteiger partial charge on any atom is 0.262 e. The highest BCUT2D eigenvalue weighted by Gasteiger charge is 2.18. The van der Waals surface area contributed by atoms with Gasteiger partial charge in [-0.3, -0.25) is 4.79 Å². The molecule has 2 aliphatic heterocycles. The minimum absolute atomic E-state index is 0.0504. The van der Waals surface area contributed by atoms with E-state index < -0.39 is 5.91 Å². The number of hydrogen-bond donors (Lipinski definition) is 1. The van der Waals surface area contributed by atoms with E-state index in [0.29, 0.717) is 23.6 Å². The number of nitriles is 1. The summed E-state index contributed by atoms with van der Waals surface area (Å²) < 4.78 is 15.9. The molecule has 1 atom stereocenters. The zero-order chi connectivity index (χ0) is 15.4. The Hall–Kier alpha value is -2.52. The predicted molar refractivity (Wildman–Crippen MR) is 78.1 cm³/mol. The van der Waals surface area contributed by atoms with Gasteiger partial charge in [0, 0.05) is 13.2 Å². The summed E-state index contributed by atoms with van der Waals surface area (Å²) in [6.07, 6.45) is 3.54. The average molecular weight is 300 g/mol. The number of hydrogen-bond acceptors (Lipinski definition) is 5. The highest BCUT2D eigenvalue weighted by Crippen LogP contribution is 2.33. The van der Waals surface area contributed by atoms with Crippen molar-refractivity contribution in [2.24, 2.45) is 0 Å². The maximum atomic E-state index is 12.1. The molecule has 114 valence electrons. The van der Waals surface area contributed by atoms with Crippen LogP contribution in [0.25, 0.3) is 6.08 Å². The van der Waals surface area contributed by atoms with Crippen LogP contribution >= 0.6 is 0 Å². The van der Waals surface area contributed by atoms with Crippen LogP contribution in [0, 0.1) is 11.3 Å². The molecular formula is C16H16N2O4. The van der Waals surface area contributed by atoms with Gasteiger partial charge in [-0.25, -0.2) is 0 Å². The van der Waals surface area contributed by atoms with E-state index in [2.05, 4.69) is 5.32 Å². The van der Waals surface area contributed by atoms with Crippen LogP contribution in [0.5, 0.6) is 11.5 Å². The fourth-order valence-corrected chi connectivity index (χ4v) is 2.43. The monoisotopic (exact) mass is 300 g/mol. The highest BCUT2D eigenvalue weighted by atomic mass is 16.7. The number of benzene rings is 1. The molecule has 0 aromatic heterocycles. The zero-order valence-corrected chi connectivity index (χ0v) is 12.0. The number of carbonyl (C=O) groups is 1. The van der Waals surface area contributed by atoms with Gasteiger partial charge in [-0.15, -0.1) is 0 Å². The second-order valence-corrected chi connectivity index (χ2v) is 5.13. The van der Waals surface area contributed by atoms with E-state index in [1.807, 2.05) is 6.07 Å². The van der Waals surface area contributed by atoms with E-state index in [9.17, 15) is 10.1 Å². The fourth-order valence-electron chi connectivity index (χ4n) is 2.43. The summed E-state index contributed by atoms with van der Waals surface area (Å²) >= 11 is 0. The van der Waals surface area contributed by atoms with Crippen molar-refractivity contribution in [3.63, 3.8) is 0 Å². The second kappa shape index (κ2) is 6.50. The number of ether oxygens (including phenoxy) is 3. The van der Waals surface area contributed by atoms with Crippen molar-refractivity contribution < 1.29 is 19.0 Å². The van der Waals surface area contributed by atoms with Crippen LogP contribution in [0.15, 0.2) is 23.8 Å². The normalized spacial score (nSPS) is 19.8. The van der Waals surface area contributed by atoms with Crippen molar-refractivity contribution in [3.8, 4) is 17.6 Å². The standard InChI is InChI=1S/C16H16N2O4/c17-8-12(16(19)18-9-13-2-1-5-20-13)6-11-3-4-14-15(7-11)22-10-21-14/h3-4,6-7,13H,1-2,5,9-10H2,(H,18,19)/b12-6+/t13-/m0/s1. The van der Waals surface area contributed by atoms with Crippen LogP contribution in [0.4, 0.5) is 0 Å². The molecule has 1 fully saturated rings. The molecule has 6 nitrogen and oxygen atoms in total. The lowest BCUT2D eigenvalue weighted by Gasteiger charge is -2.10. The number of amides is 1. The fraction of sp³-hybridized carbons (Fsp3) is 0.375. The topological polar surface area (TPSA) is 80.6 Å². The Bertz CT molecular complexity index is 642. The summed E-state index contributed by atoms with van der Waals surface area (Å²) in [4.78, 5) is 12.1. The number of nitrogens with zero attached hydrogens (tertiary/aromatic N) is 1. The van der Waals surface area contributed by atoms with Crippen molar-refractivity contribution in [3.05, 3.63) is 29.3 Å². The van der Waals surface area contributed by atoms with Gasteiger partial charge in [0.15, 0.2) is 11.5 Å². The molecular weight excluding hydrogens is 284 g/mol. The molecule has 2 heterocycles. The predicted octanol–water partition coefficient (Wildman–Crippen LogP) is 1.62. The van der Waals surface area contributed by atoms with Crippen molar-refractivity contribution in [1.29, 1.82) is 5.26 Å². The third-order valence-electron chi connectivity index (χ3n) is 3.59. The number of carbonyl (C=O) groups excluding carboxylic acids is 1. The Balaban J connectivity index is 1.67. The van der Waals surface area contributed by atoms with Gasteiger partial charge in [-0.05, 0) is 36.6 Å². The summed E-state index contributed by atoms with van der Waals surface area (Å²) in [5.74, 6) is 0.889. The first-order chi connectivity index (χ1) is 10.8. The van der Waals surface area contributed by atoms with Crippen molar-refractivity contribution >= 4 is 12.0 Å². The van der Waals surface area contributed by atoms with Gasteiger partial charge in [-0.1, -0.05) is 6.07 Å². The van der Waals surface area contributed by atoms with Gasteiger partial charge in [0.25, 0.3) is 5.91 Å². The van der Waals surface area contributed by atoms with E-state index in [4.69, 9.17) is 14.2 Å². The molecule has 22 heavy (non-hydrogen) atoms. The van der Waals surface area contributed by atoms with E-state index in [1.54, 1.807) is 18.2 Å². The first kappa shape index (κ1) is 14.4. The van der Waals surface area contributed by atoms with Crippen molar-refractivity contribution in [1.82, 2.24) is 5.32 Å². The molecule has 0 bridgehead atoms. The van der Waals surface area contributed by atoms with Crippen LogP contribution in [0.2, 0.25) is 0 Å². The van der Waals surface area contributed by atoms with Crippen LogP contribution in [-0.4, -0.2) is 32.0 Å². The van der Waals surface area contributed by atoms with Gasteiger partial charge in [-0.2, -0.15) is 5.26 Å². The third kappa shape index (κ3) is 3.21. The van der Waals surface area contributed by atoms with Crippen LogP contribution < -0.4 is 14.8 Å². The Kier molecular flexibility index (Phi) is 4.26. The Morgan fingerprint density at radius 3 is 3.05 bits per heavy atom.